The second-order valence-corrected chi connectivity index (χ2v) is 9.25. The van der Waals surface area contributed by atoms with Crippen LogP contribution in [0.25, 0.3) is 10.9 Å². The molecule has 0 radical (unpaired) electrons. The third-order valence-corrected chi connectivity index (χ3v) is 6.88. The lowest BCUT2D eigenvalue weighted by molar-refractivity contribution is -0.130. The number of hydrogen-bond donors (Lipinski definition) is 1. The van der Waals surface area contributed by atoms with Gasteiger partial charge in [-0.25, -0.2) is 0 Å². The molecule has 172 valence electrons. The number of rotatable bonds is 6. The highest BCUT2D eigenvalue weighted by atomic mass is 35.5. The maximum absolute atomic E-state index is 11.5. The number of benzene rings is 2. The third kappa shape index (κ3) is 5.92. The lowest BCUT2D eigenvalue weighted by atomic mass is 9.90. The van der Waals surface area contributed by atoms with Crippen LogP contribution in [0.3, 0.4) is 0 Å². The number of aromatic nitrogens is 1. The standard InChI is InChI=1S/C28H32ClN3O/c1-3-32-27(5-4-16-30-26-11-9-25(29)10-12-26)20-24-19-23(8-13-28(24)32)7-6-22-14-17-31(18-15-22)21(2)33/h8-13,19-20,22,30H,3,6-7,14-18H2,1-2H3. The van der Waals surface area contributed by atoms with Crippen molar-refractivity contribution in [1.82, 2.24) is 9.47 Å². The highest BCUT2D eigenvalue weighted by molar-refractivity contribution is 6.30. The Bertz CT molecular complexity index is 1160. The Morgan fingerprint density at radius 2 is 1.88 bits per heavy atom. The van der Waals surface area contributed by atoms with E-state index in [9.17, 15) is 4.79 Å². The molecule has 1 saturated heterocycles. The lowest BCUT2D eigenvalue weighted by Crippen LogP contribution is -2.37. The quantitative estimate of drug-likeness (QED) is 0.459. The fourth-order valence-electron chi connectivity index (χ4n) is 4.68. The van der Waals surface area contributed by atoms with Crippen LogP contribution in [0.1, 0.15) is 44.4 Å². The van der Waals surface area contributed by atoms with Crippen molar-refractivity contribution in [2.24, 2.45) is 5.92 Å². The van der Waals surface area contributed by atoms with Crippen LogP contribution in [0.15, 0.2) is 48.5 Å². The summed E-state index contributed by atoms with van der Waals surface area (Å²) in [5.74, 6) is 7.52. The number of carbonyl (C=O) groups excluding carboxylic acids is 1. The molecule has 3 aromatic rings. The number of amides is 1. The van der Waals surface area contributed by atoms with Crippen molar-refractivity contribution in [3.63, 3.8) is 0 Å². The molecule has 1 aliphatic rings. The van der Waals surface area contributed by atoms with E-state index in [-0.39, 0.29) is 5.91 Å². The first-order chi connectivity index (χ1) is 16.0. The summed E-state index contributed by atoms with van der Waals surface area (Å²) in [4.78, 5) is 13.5. The predicted octanol–water partition coefficient (Wildman–Crippen LogP) is 5.97. The molecule has 4 rings (SSSR count). The van der Waals surface area contributed by atoms with Crippen LogP contribution in [0, 0.1) is 17.8 Å². The van der Waals surface area contributed by atoms with Crippen LogP contribution >= 0.6 is 11.6 Å². The van der Waals surface area contributed by atoms with Gasteiger partial charge in [0.2, 0.25) is 5.91 Å². The molecule has 1 N–H and O–H groups in total. The minimum Gasteiger partial charge on any atom is -0.374 e. The molecule has 0 saturated carbocycles. The van der Waals surface area contributed by atoms with Gasteiger partial charge in [0, 0.05) is 48.2 Å². The van der Waals surface area contributed by atoms with E-state index >= 15 is 0 Å². The topological polar surface area (TPSA) is 37.3 Å². The zero-order valence-corrected chi connectivity index (χ0v) is 20.3. The molecule has 1 aliphatic heterocycles. The molecule has 2 aromatic carbocycles. The van der Waals surface area contributed by atoms with E-state index in [4.69, 9.17) is 11.6 Å². The molecule has 1 fully saturated rings. The molecule has 0 unspecified atom stereocenters. The first-order valence-corrected chi connectivity index (χ1v) is 12.3. The summed E-state index contributed by atoms with van der Waals surface area (Å²) in [6.07, 6.45) is 4.52. The summed E-state index contributed by atoms with van der Waals surface area (Å²) in [5, 5.41) is 5.31. The summed E-state index contributed by atoms with van der Waals surface area (Å²) in [5.41, 5.74) is 4.69. The number of fused-ring (bicyclic) bond motifs is 1. The van der Waals surface area contributed by atoms with Gasteiger partial charge in [-0.05, 0) is 92.5 Å². The van der Waals surface area contributed by atoms with Gasteiger partial charge in [0.05, 0.1) is 12.2 Å². The van der Waals surface area contributed by atoms with Gasteiger partial charge in [-0.3, -0.25) is 4.79 Å². The van der Waals surface area contributed by atoms with E-state index < -0.39 is 0 Å². The van der Waals surface area contributed by atoms with Crippen LogP contribution in [0.5, 0.6) is 0 Å². The van der Waals surface area contributed by atoms with E-state index in [1.54, 1.807) is 6.92 Å². The van der Waals surface area contributed by atoms with Crippen molar-refractivity contribution in [3.05, 3.63) is 64.8 Å². The SMILES string of the molecule is CCn1c(C#CCNc2ccc(Cl)cc2)cc2cc(CCC3CCN(C(C)=O)CC3)ccc21. The number of aryl methyl sites for hydroxylation is 2. The first kappa shape index (κ1) is 23.3. The van der Waals surface area contributed by atoms with Gasteiger partial charge in [0.15, 0.2) is 0 Å². The average Bonchev–Trinajstić information content (AvgIpc) is 3.18. The number of likely N-dealkylation sites (tertiary alicyclic amines) is 1. The number of nitrogens with zero attached hydrogens (tertiary/aromatic N) is 2. The summed E-state index contributed by atoms with van der Waals surface area (Å²) >= 11 is 5.94. The molecular weight excluding hydrogens is 430 g/mol. The number of anilines is 1. The van der Waals surface area contributed by atoms with Gasteiger partial charge in [-0.1, -0.05) is 23.6 Å². The third-order valence-electron chi connectivity index (χ3n) is 6.62. The Balaban J connectivity index is 1.38. The van der Waals surface area contributed by atoms with Crippen molar-refractivity contribution >= 4 is 34.1 Å². The highest BCUT2D eigenvalue weighted by Gasteiger charge is 2.20. The van der Waals surface area contributed by atoms with Crippen LogP contribution in [0.4, 0.5) is 5.69 Å². The molecule has 0 bridgehead atoms. The molecule has 0 aliphatic carbocycles. The fourth-order valence-corrected chi connectivity index (χ4v) is 4.80. The van der Waals surface area contributed by atoms with Gasteiger partial charge in [0.1, 0.15) is 0 Å². The van der Waals surface area contributed by atoms with Crippen molar-refractivity contribution < 1.29 is 4.79 Å². The predicted molar refractivity (Wildman–Crippen MR) is 138 cm³/mol. The number of halogens is 1. The molecular formula is C28H32ClN3O. The molecule has 33 heavy (non-hydrogen) atoms. The Labute approximate surface area is 201 Å². The summed E-state index contributed by atoms with van der Waals surface area (Å²) in [7, 11) is 0. The highest BCUT2D eigenvalue weighted by Crippen LogP contribution is 2.25. The maximum atomic E-state index is 11.5. The Morgan fingerprint density at radius 1 is 1.12 bits per heavy atom. The Kier molecular flexibility index (Phi) is 7.62. The monoisotopic (exact) mass is 461 g/mol. The molecule has 2 heterocycles. The Morgan fingerprint density at radius 3 is 2.58 bits per heavy atom. The van der Waals surface area contributed by atoms with Gasteiger partial charge >= 0.3 is 0 Å². The fraction of sp³-hybridized carbons (Fsp3) is 0.393. The normalized spacial score (nSPS) is 14.2. The van der Waals surface area contributed by atoms with Gasteiger partial charge in [0.25, 0.3) is 0 Å². The number of piperidine rings is 1. The van der Waals surface area contributed by atoms with Crippen molar-refractivity contribution in [3.8, 4) is 11.8 Å². The summed E-state index contributed by atoms with van der Waals surface area (Å²) in [6, 6.07) is 16.7. The number of carbonyl (C=O) groups is 1. The van der Waals surface area contributed by atoms with E-state index in [2.05, 4.69) is 52.9 Å². The van der Waals surface area contributed by atoms with E-state index in [1.807, 2.05) is 29.2 Å². The number of hydrogen-bond acceptors (Lipinski definition) is 2. The van der Waals surface area contributed by atoms with E-state index in [0.29, 0.717) is 12.5 Å². The molecule has 4 nitrogen and oxygen atoms in total. The molecule has 5 heteroatoms. The molecule has 0 spiro atoms. The molecule has 1 aromatic heterocycles. The van der Waals surface area contributed by atoms with Gasteiger partial charge in [-0.15, -0.1) is 0 Å². The minimum absolute atomic E-state index is 0.207. The molecule has 0 atom stereocenters. The second-order valence-electron chi connectivity index (χ2n) is 8.82. The van der Waals surface area contributed by atoms with Crippen LogP contribution in [0.2, 0.25) is 5.02 Å². The smallest absolute Gasteiger partial charge is 0.219 e. The van der Waals surface area contributed by atoms with Crippen molar-refractivity contribution in [1.29, 1.82) is 0 Å². The average molecular weight is 462 g/mol. The maximum Gasteiger partial charge on any atom is 0.219 e. The van der Waals surface area contributed by atoms with Crippen LogP contribution in [-0.2, 0) is 17.8 Å². The van der Waals surface area contributed by atoms with Gasteiger partial charge in [-0.2, -0.15) is 0 Å². The lowest BCUT2D eigenvalue weighted by Gasteiger charge is -2.31. The van der Waals surface area contributed by atoms with Crippen LogP contribution < -0.4 is 5.32 Å². The summed E-state index contributed by atoms with van der Waals surface area (Å²) < 4.78 is 2.28. The number of nitrogens with one attached hydrogen (secondary N) is 1. The Hall–Kier alpha value is -2.90. The zero-order valence-electron chi connectivity index (χ0n) is 19.5. The summed E-state index contributed by atoms with van der Waals surface area (Å²) in [6.45, 7) is 7.14. The van der Waals surface area contributed by atoms with Crippen LogP contribution in [-0.4, -0.2) is 35.0 Å². The van der Waals surface area contributed by atoms with Crippen molar-refractivity contribution in [2.45, 2.75) is 46.1 Å². The zero-order chi connectivity index (χ0) is 23.2. The largest absolute Gasteiger partial charge is 0.374 e. The van der Waals surface area contributed by atoms with Crippen molar-refractivity contribution in [2.75, 3.05) is 25.0 Å². The molecule has 1 amide bonds. The van der Waals surface area contributed by atoms with E-state index in [0.717, 1.165) is 55.3 Å². The minimum atomic E-state index is 0.207. The first-order valence-electron chi connectivity index (χ1n) is 11.9. The van der Waals surface area contributed by atoms with Gasteiger partial charge < -0.3 is 14.8 Å². The van der Waals surface area contributed by atoms with E-state index in [1.165, 1.54) is 22.9 Å². The second kappa shape index (κ2) is 10.8.